The normalized spacial score (nSPS) is 12.4. The van der Waals surface area contributed by atoms with Crippen molar-refractivity contribution < 1.29 is 14.6 Å². The number of hydrogen-bond acceptors (Lipinski definition) is 3. The fraction of sp³-hybridized carbons (Fsp3) is 0.350. The first-order valence-electron chi connectivity index (χ1n) is 8.23. The molecule has 2 N–H and O–H groups in total. The minimum Gasteiger partial charge on any atom is -0.496 e. The molecule has 5 heteroatoms. The molecular formula is C20H26N2O3. The molecule has 0 radical (unpaired) electrons. The Bertz CT molecular complexity index is 696. The van der Waals surface area contributed by atoms with Crippen LogP contribution in [0.1, 0.15) is 31.0 Å². The van der Waals surface area contributed by atoms with E-state index in [9.17, 15) is 9.90 Å². The van der Waals surface area contributed by atoms with Gasteiger partial charge in [0.2, 0.25) is 0 Å². The van der Waals surface area contributed by atoms with Crippen molar-refractivity contribution in [2.45, 2.75) is 25.5 Å². The predicted octanol–water partition coefficient (Wildman–Crippen LogP) is 3.20. The lowest BCUT2D eigenvalue weighted by molar-refractivity contribution is 0.0529. The van der Waals surface area contributed by atoms with Gasteiger partial charge in [-0.3, -0.25) is 0 Å². The molecule has 0 aromatic heterocycles. The molecule has 0 saturated carbocycles. The number of nitrogens with zero attached hydrogens (tertiary/aromatic N) is 1. The van der Waals surface area contributed by atoms with Crippen LogP contribution in [0, 0.1) is 0 Å². The molecule has 1 atom stereocenters. The van der Waals surface area contributed by atoms with Gasteiger partial charge in [0, 0.05) is 12.6 Å². The number of rotatable bonds is 6. The zero-order chi connectivity index (χ0) is 18.4. The zero-order valence-corrected chi connectivity index (χ0v) is 15.2. The predicted molar refractivity (Wildman–Crippen MR) is 98.7 cm³/mol. The van der Waals surface area contributed by atoms with Crippen LogP contribution in [-0.4, -0.2) is 42.3 Å². The third-order valence-electron chi connectivity index (χ3n) is 3.82. The molecule has 0 aliphatic carbocycles. The van der Waals surface area contributed by atoms with Crippen molar-refractivity contribution in [1.82, 2.24) is 10.2 Å². The van der Waals surface area contributed by atoms with Crippen LogP contribution in [0.15, 0.2) is 54.6 Å². The molecule has 2 aromatic carbocycles. The lowest BCUT2D eigenvalue weighted by Crippen LogP contribution is -2.45. The maximum absolute atomic E-state index is 12.6. The van der Waals surface area contributed by atoms with Crippen molar-refractivity contribution in [2.24, 2.45) is 0 Å². The highest BCUT2D eigenvalue weighted by Gasteiger charge is 2.24. The van der Waals surface area contributed by atoms with E-state index in [1.807, 2.05) is 54.6 Å². The summed E-state index contributed by atoms with van der Waals surface area (Å²) in [5, 5.41) is 13.0. The van der Waals surface area contributed by atoms with Gasteiger partial charge in [-0.1, -0.05) is 48.5 Å². The van der Waals surface area contributed by atoms with Crippen molar-refractivity contribution in [2.75, 3.05) is 20.7 Å². The second kappa shape index (κ2) is 8.03. The summed E-state index contributed by atoms with van der Waals surface area (Å²) in [6.07, 6.45) is 0. The van der Waals surface area contributed by atoms with Gasteiger partial charge in [0.1, 0.15) is 5.75 Å². The van der Waals surface area contributed by atoms with E-state index in [1.165, 1.54) is 4.90 Å². The molecule has 0 aliphatic heterocycles. The van der Waals surface area contributed by atoms with Crippen LogP contribution in [0.4, 0.5) is 4.79 Å². The summed E-state index contributed by atoms with van der Waals surface area (Å²) in [5.41, 5.74) is 0.872. The van der Waals surface area contributed by atoms with Gasteiger partial charge in [-0.25, -0.2) is 4.79 Å². The largest absolute Gasteiger partial charge is 0.496 e. The van der Waals surface area contributed by atoms with Crippen molar-refractivity contribution in [1.29, 1.82) is 0 Å². The molecule has 25 heavy (non-hydrogen) atoms. The van der Waals surface area contributed by atoms with Gasteiger partial charge in [0.15, 0.2) is 0 Å². The molecule has 1 unspecified atom stereocenters. The van der Waals surface area contributed by atoms with Crippen molar-refractivity contribution in [3.05, 3.63) is 65.7 Å². The summed E-state index contributed by atoms with van der Waals surface area (Å²) >= 11 is 0. The average molecular weight is 342 g/mol. The Labute approximate surface area is 149 Å². The third-order valence-corrected chi connectivity index (χ3v) is 3.82. The summed E-state index contributed by atoms with van der Waals surface area (Å²) in [6.45, 7) is 3.57. The SMILES string of the molecule is COc1ccccc1C(NC(=O)N(C)CC(C)(C)O)c1ccccc1. The molecule has 0 aliphatic rings. The van der Waals surface area contributed by atoms with E-state index in [1.54, 1.807) is 28.0 Å². The number of para-hydroxylation sites is 1. The number of benzene rings is 2. The number of amides is 2. The van der Waals surface area contributed by atoms with Gasteiger partial charge in [-0.15, -0.1) is 0 Å². The first-order valence-corrected chi connectivity index (χ1v) is 8.23. The van der Waals surface area contributed by atoms with Gasteiger partial charge in [-0.05, 0) is 25.5 Å². The number of carbonyl (C=O) groups is 1. The van der Waals surface area contributed by atoms with Crippen LogP contribution >= 0.6 is 0 Å². The molecule has 134 valence electrons. The van der Waals surface area contributed by atoms with Crippen molar-refractivity contribution >= 4 is 6.03 Å². The Hall–Kier alpha value is -2.53. The fourth-order valence-corrected chi connectivity index (χ4v) is 2.78. The molecule has 2 amide bonds. The highest BCUT2D eigenvalue weighted by molar-refractivity contribution is 5.75. The molecule has 0 fully saturated rings. The Morgan fingerprint density at radius 2 is 1.76 bits per heavy atom. The summed E-state index contributed by atoms with van der Waals surface area (Å²) in [6, 6.07) is 16.7. The van der Waals surface area contributed by atoms with Crippen LogP contribution in [0.25, 0.3) is 0 Å². The molecule has 0 saturated heterocycles. The second-order valence-electron chi connectivity index (χ2n) is 6.70. The average Bonchev–Trinajstić information content (AvgIpc) is 2.58. The minimum atomic E-state index is -0.960. The Balaban J connectivity index is 2.32. The second-order valence-corrected chi connectivity index (χ2v) is 6.70. The van der Waals surface area contributed by atoms with Crippen LogP contribution in [0.2, 0.25) is 0 Å². The summed E-state index contributed by atoms with van der Waals surface area (Å²) in [4.78, 5) is 14.1. The smallest absolute Gasteiger partial charge is 0.317 e. The molecule has 0 bridgehead atoms. The van der Waals surface area contributed by atoms with Crippen LogP contribution < -0.4 is 10.1 Å². The highest BCUT2D eigenvalue weighted by atomic mass is 16.5. The summed E-state index contributed by atoms with van der Waals surface area (Å²) in [5.74, 6) is 0.710. The first-order chi connectivity index (χ1) is 11.8. The number of carbonyl (C=O) groups excluding carboxylic acids is 1. The van der Waals surface area contributed by atoms with Crippen LogP contribution in [0.5, 0.6) is 5.75 Å². The first kappa shape index (κ1) is 18.8. The van der Waals surface area contributed by atoms with Gasteiger partial charge in [0.25, 0.3) is 0 Å². The van der Waals surface area contributed by atoms with E-state index < -0.39 is 5.60 Å². The number of likely N-dealkylation sites (N-methyl/N-ethyl adjacent to an activating group) is 1. The lowest BCUT2D eigenvalue weighted by atomic mass is 9.98. The summed E-state index contributed by atoms with van der Waals surface area (Å²) in [7, 11) is 3.28. The van der Waals surface area contributed by atoms with E-state index in [0.29, 0.717) is 5.75 Å². The Morgan fingerprint density at radius 3 is 2.36 bits per heavy atom. The highest BCUT2D eigenvalue weighted by Crippen LogP contribution is 2.30. The quantitative estimate of drug-likeness (QED) is 0.847. The Morgan fingerprint density at radius 1 is 1.16 bits per heavy atom. The number of ether oxygens (including phenoxy) is 1. The van der Waals surface area contributed by atoms with Gasteiger partial charge in [0.05, 0.1) is 25.3 Å². The van der Waals surface area contributed by atoms with Gasteiger partial charge in [-0.2, -0.15) is 0 Å². The molecule has 5 nitrogen and oxygen atoms in total. The van der Waals surface area contributed by atoms with E-state index in [-0.39, 0.29) is 18.6 Å². The standard InChI is InChI=1S/C20H26N2O3/c1-20(2,24)14-22(3)19(23)21-18(15-10-6-5-7-11-15)16-12-8-9-13-17(16)25-4/h5-13,18,24H,14H2,1-4H3,(H,21,23). The van der Waals surface area contributed by atoms with Crippen molar-refractivity contribution in [3.8, 4) is 5.75 Å². The fourth-order valence-electron chi connectivity index (χ4n) is 2.78. The van der Waals surface area contributed by atoms with Crippen LogP contribution in [0.3, 0.4) is 0 Å². The van der Waals surface area contributed by atoms with E-state index in [4.69, 9.17) is 4.74 Å². The molecule has 2 rings (SSSR count). The van der Waals surface area contributed by atoms with E-state index in [0.717, 1.165) is 11.1 Å². The third kappa shape index (κ3) is 5.22. The van der Waals surface area contributed by atoms with Crippen molar-refractivity contribution in [3.63, 3.8) is 0 Å². The van der Waals surface area contributed by atoms with Gasteiger partial charge >= 0.3 is 6.03 Å². The van der Waals surface area contributed by atoms with E-state index >= 15 is 0 Å². The number of hydrogen-bond donors (Lipinski definition) is 2. The Kier molecular flexibility index (Phi) is 6.04. The van der Waals surface area contributed by atoms with Crippen LogP contribution in [-0.2, 0) is 0 Å². The molecule has 2 aromatic rings. The van der Waals surface area contributed by atoms with E-state index in [2.05, 4.69) is 5.32 Å². The minimum absolute atomic E-state index is 0.228. The van der Waals surface area contributed by atoms with Gasteiger partial charge < -0.3 is 20.1 Å². The number of aliphatic hydroxyl groups is 1. The maximum atomic E-state index is 12.6. The molecular weight excluding hydrogens is 316 g/mol. The number of nitrogens with one attached hydrogen (secondary N) is 1. The molecule has 0 spiro atoms. The maximum Gasteiger partial charge on any atom is 0.317 e. The number of methoxy groups -OCH3 is 1. The zero-order valence-electron chi connectivity index (χ0n) is 15.2. The number of urea groups is 1. The lowest BCUT2D eigenvalue weighted by Gasteiger charge is -2.29. The topological polar surface area (TPSA) is 61.8 Å². The summed E-state index contributed by atoms with van der Waals surface area (Å²) < 4.78 is 5.47. The monoisotopic (exact) mass is 342 g/mol. The molecule has 0 heterocycles.